The van der Waals surface area contributed by atoms with Crippen molar-refractivity contribution in [3.8, 4) is 34.3 Å². The number of benzene rings is 3. The number of ether oxygens (including phenoxy) is 3. The summed E-state index contributed by atoms with van der Waals surface area (Å²) in [5, 5.41) is 18.4. The molecule has 9 heteroatoms. The Balaban J connectivity index is 1.59. The van der Waals surface area contributed by atoms with E-state index in [-0.39, 0.29) is 11.7 Å². The maximum atomic E-state index is 13.7. The van der Waals surface area contributed by atoms with Crippen LogP contribution in [0.2, 0.25) is 5.02 Å². The Kier molecular flexibility index (Phi) is 7.15. The topological polar surface area (TPSA) is 96.9 Å². The molecule has 0 bridgehead atoms. The second-order valence-electron chi connectivity index (χ2n) is 8.86. The average Bonchev–Trinajstić information content (AvgIpc) is 3.48. The molecule has 2 N–H and O–H groups in total. The standard InChI is InChI=1S/C29H28ClN3O5/c1-4-38-23-12-7-18(15-24(23)37-3)28-25-26(21-16-19(30)8-11-22(21)34)31-32-27(25)29(35)33(28)14-13-17-5-9-20(36-2)10-6-17/h5-12,15-16,28,34H,4,13-14H2,1-3H3,(H,31,32). The van der Waals surface area contributed by atoms with Crippen molar-refractivity contribution in [2.24, 2.45) is 0 Å². The number of amides is 1. The molecular weight excluding hydrogens is 506 g/mol. The molecule has 0 saturated heterocycles. The highest BCUT2D eigenvalue weighted by molar-refractivity contribution is 6.31. The summed E-state index contributed by atoms with van der Waals surface area (Å²) in [4.78, 5) is 15.5. The monoisotopic (exact) mass is 533 g/mol. The van der Waals surface area contributed by atoms with Crippen LogP contribution in [0.5, 0.6) is 23.0 Å². The number of phenolic OH excluding ortho intramolecular Hbond substituents is 1. The number of phenols is 1. The number of halogens is 1. The zero-order valence-electron chi connectivity index (χ0n) is 21.3. The van der Waals surface area contributed by atoms with Gasteiger partial charge in [0, 0.05) is 22.7 Å². The fourth-order valence-electron chi connectivity index (χ4n) is 4.85. The molecule has 0 aliphatic carbocycles. The number of aromatic amines is 1. The number of carbonyl (C=O) groups excluding carboxylic acids is 1. The van der Waals surface area contributed by atoms with Crippen LogP contribution in [0, 0.1) is 0 Å². The summed E-state index contributed by atoms with van der Waals surface area (Å²) in [6, 6.07) is 17.7. The molecule has 0 fully saturated rings. The molecule has 1 atom stereocenters. The van der Waals surface area contributed by atoms with Crippen LogP contribution in [0.4, 0.5) is 0 Å². The molecule has 1 aromatic heterocycles. The van der Waals surface area contributed by atoms with Gasteiger partial charge < -0.3 is 24.2 Å². The van der Waals surface area contributed by atoms with Crippen LogP contribution < -0.4 is 14.2 Å². The van der Waals surface area contributed by atoms with Gasteiger partial charge in [0.05, 0.1) is 26.9 Å². The summed E-state index contributed by atoms with van der Waals surface area (Å²) in [7, 11) is 3.21. The predicted octanol–water partition coefficient (Wildman–Crippen LogP) is 5.64. The Bertz CT molecular complexity index is 1470. The van der Waals surface area contributed by atoms with Crippen molar-refractivity contribution in [1.29, 1.82) is 0 Å². The molecule has 8 nitrogen and oxygen atoms in total. The van der Waals surface area contributed by atoms with Gasteiger partial charge in [-0.25, -0.2) is 0 Å². The maximum Gasteiger partial charge on any atom is 0.273 e. The second-order valence-corrected chi connectivity index (χ2v) is 9.30. The molecule has 5 rings (SSSR count). The number of hydrogen-bond acceptors (Lipinski definition) is 6. The van der Waals surface area contributed by atoms with E-state index in [1.54, 1.807) is 26.4 Å². The van der Waals surface area contributed by atoms with E-state index in [9.17, 15) is 9.90 Å². The number of carbonyl (C=O) groups is 1. The van der Waals surface area contributed by atoms with Crippen LogP contribution in [0.1, 0.15) is 40.1 Å². The lowest BCUT2D eigenvalue weighted by molar-refractivity contribution is 0.0745. The maximum absolute atomic E-state index is 13.7. The van der Waals surface area contributed by atoms with Crippen LogP contribution in [0.3, 0.4) is 0 Å². The van der Waals surface area contributed by atoms with Gasteiger partial charge in [-0.15, -0.1) is 0 Å². The minimum Gasteiger partial charge on any atom is -0.507 e. The van der Waals surface area contributed by atoms with E-state index in [4.69, 9.17) is 25.8 Å². The smallest absolute Gasteiger partial charge is 0.273 e. The highest BCUT2D eigenvalue weighted by Crippen LogP contribution is 2.46. The normalized spacial score (nSPS) is 14.5. The van der Waals surface area contributed by atoms with Crippen molar-refractivity contribution in [3.05, 3.63) is 88.1 Å². The van der Waals surface area contributed by atoms with E-state index >= 15 is 0 Å². The van der Waals surface area contributed by atoms with Gasteiger partial charge in [-0.3, -0.25) is 9.89 Å². The van der Waals surface area contributed by atoms with Crippen LogP contribution in [-0.4, -0.2) is 53.5 Å². The Morgan fingerprint density at radius 1 is 1.03 bits per heavy atom. The molecule has 38 heavy (non-hydrogen) atoms. The molecule has 3 aromatic carbocycles. The zero-order chi connectivity index (χ0) is 26.8. The van der Waals surface area contributed by atoms with E-state index in [1.165, 1.54) is 6.07 Å². The molecule has 1 amide bonds. The third kappa shape index (κ3) is 4.63. The summed E-state index contributed by atoms with van der Waals surface area (Å²) < 4.78 is 16.6. The number of H-pyrrole nitrogens is 1. The molecule has 0 spiro atoms. The Morgan fingerprint density at radius 3 is 2.53 bits per heavy atom. The third-order valence-electron chi connectivity index (χ3n) is 6.68. The molecular formula is C29H28ClN3O5. The van der Waals surface area contributed by atoms with Crippen LogP contribution in [0.25, 0.3) is 11.3 Å². The summed E-state index contributed by atoms with van der Waals surface area (Å²) in [6.07, 6.45) is 0.635. The average molecular weight is 534 g/mol. The van der Waals surface area contributed by atoms with Crippen LogP contribution >= 0.6 is 11.6 Å². The van der Waals surface area contributed by atoms with Crippen molar-refractivity contribution in [1.82, 2.24) is 15.1 Å². The molecule has 1 aliphatic rings. The first-order valence-corrected chi connectivity index (χ1v) is 12.6. The number of hydrogen-bond donors (Lipinski definition) is 2. The quantitative estimate of drug-likeness (QED) is 0.289. The minimum absolute atomic E-state index is 0.0239. The summed E-state index contributed by atoms with van der Waals surface area (Å²) >= 11 is 6.26. The van der Waals surface area contributed by atoms with E-state index < -0.39 is 6.04 Å². The fraction of sp³-hybridized carbons (Fsp3) is 0.241. The number of fused-ring (bicyclic) bond motifs is 1. The highest BCUT2D eigenvalue weighted by atomic mass is 35.5. The molecule has 0 saturated carbocycles. The van der Waals surface area contributed by atoms with Gasteiger partial charge in [0.15, 0.2) is 11.5 Å². The Morgan fingerprint density at radius 2 is 1.82 bits per heavy atom. The Hall–Kier alpha value is -4.17. The molecule has 0 radical (unpaired) electrons. The van der Waals surface area contributed by atoms with Gasteiger partial charge in [0.25, 0.3) is 5.91 Å². The van der Waals surface area contributed by atoms with E-state index in [0.29, 0.717) is 58.6 Å². The van der Waals surface area contributed by atoms with Gasteiger partial charge in [-0.2, -0.15) is 5.10 Å². The predicted molar refractivity (Wildman–Crippen MR) is 144 cm³/mol. The highest BCUT2D eigenvalue weighted by Gasteiger charge is 2.42. The zero-order valence-corrected chi connectivity index (χ0v) is 22.1. The lowest BCUT2D eigenvalue weighted by Crippen LogP contribution is -2.31. The number of nitrogens with zero attached hydrogens (tertiary/aromatic N) is 2. The van der Waals surface area contributed by atoms with Gasteiger partial charge in [0.1, 0.15) is 22.9 Å². The van der Waals surface area contributed by atoms with Crippen molar-refractivity contribution >= 4 is 17.5 Å². The first kappa shape index (κ1) is 25.5. The molecule has 2 heterocycles. The van der Waals surface area contributed by atoms with Crippen molar-refractivity contribution < 1.29 is 24.1 Å². The number of methoxy groups -OCH3 is 2. The van der Waals surface area contributed by atoms with E-state index in [1.807, 2.05) is 54.3 Å². The first-order valence-electron chi connectivity index (χ1n) is 12.3. The minimum atomic E-state index is -0.479. The van der Waals surface area contributed by atoms with Gasteiger partial charge in [0.2, 0.25) is 0 Å². The van der Waals surface area contributed by atoms with Gasteiger partial charge in [-0.1, -0.05) is 29.8 Å². The van der Waals surface area contributed by atoms with Crippen molar-refractivity contribution in [2.45, 2.75) is 19.4 Å². The first-order chi connectivity index (χ1) is 18.4. The molecule has 1 aliphatic heterocycles. The largest absolute Gasteiger partial charge is 0.507 e. The SMILES string of the molecule is CCOc1ccc(C2c3c(-c4cc(Cl)ccc4O)n[nH]c3C(=O)N2CCc2ccc(OC)cc2)cc1OC. The number of rotatable bonds is 9. The number of aromatic nitrogens is 2. The van der Waals surface area contributed by atoms with Gasteiger partial charge in [-0.05, 0) is 66.9 Å². The summed E-state index contributed by atoms with van der Waals surface area (Å²) in [5.74, 6) is 1.81. The number of aromatic hydroxyl groups is 1. The second kappa shape index (κ2) is 10.7. The fourth-order valence-corrected chi connectivity index (χ4v) is 5.02. The summed E-state index contributed by atoms with van der Waals surface area (Å²) in [6.45, 7) is 2.86. The van der Waals surface area contributed by atoms with Gasteiger partial charge >= 0.3 is 0 Å². The van der Waals surface area contributed by atoms with Crippen LogP contribution in [0.15, 0.2) is 60.7 Å². The Labute approximate surface area is 225 Å². The van der Waals surface area contributed by atoms with Crippen molar-refractivity contribution in [3.63, 3.8) is 0 Å². The third-order valence-corrected chi connectivity index (χ3v) is 6.92. The van der Waals surface area contributed by atoms with E-state index in [0.717, 1.165) is 16.9 Å². The molecule has 1 unspecified atom stereocenters. The number of nitrogens with one attached hydrogen (secondary N) is 1. The van der Waals surface area contributed by atoms with Crippen LogP contribution in [-0.2, 0) is 6.42 Å². The lowest BCUT2D eigenvalue weighted by atomic mass is 9.95. The van der Waals surface area contributed by atoms with E-state index in [2.05, 4.69) is 10.2 Å². The molecule has 4 aromatic rings. The van der Waals surface area contributed by atoms with Crippen molar-refractivity contribution in [2.75, 3.05) is 27.4 Å². The lowest BCUT2D eigenvalue weighted by Gasteiger charge is -2.27. The molecule has 196 valence electrons. The summed E-state index contributed by atoms with van der Waals surface area (Å²) in [5.41, 5.74) is 3.88.